The van der Waals surface area contributed by atoms with Gasteiger partial charge in [0.1, 0.15) is 17.2 Å². The predicted octanol–water partition coefficient (Wildman–Crippen LogP) is 2.25. The first-order valence-corrected chi connectivity index (χ1v) is 11.3. The van der Waals surface area contributed by atoms with Gasteiger partial charge in [0.25, 0.3) is 5.56 Å². The van der Waals surface area contributed by atoms with Crippen molar-refractivity contribution in [2.75, 3.05) is 11.5 Å². The molecule has 11 heteroatoms. The topological polar surface area (TPSA) is 118 Å². The first-order chi connectivity index (χ1) is 15.3. The number of halogens is 1. The lowest BCUT2D eigenvalue weighted by atomic mass is 10.2. The van der Waals surface area contributed by atoms with E-state index in [-0.39, 0.29) is 23.2 Å². The second-order valence-electron chi connectivity index (χ2n) is 7.66. The maximum atomic E-state index is 14.3. The van der Waals surface area contributed by atoms with Gasteiger partial charge in [-0.05, 0) is 31.4 Å². The Morgan fingerprint density at radius 2 is 1.97 bits per heavy atom. The van der Waals surface area contributed by atoms with Gasteiger partial charge in [0, 0.05) is 19.6 Å². The number of rotatable bonds is 8. The fraction of sp³-hybridized carbons (Fsp3) is 0.381. The second kappa shape index (κ2) is 8.73. The smallest absolute Gasteiger partial charge is 0.332 e. The number of hydrogen-bond donors (Lipinski definition) is 1. The molecule has 3 aromatic rings. The molecule has 2 aromatic heterocycles. The normalized spacial score (nSPS) is 13.5. The number of aromatic nitrogens is 5. The minimum Gasteiger partial charge on any atom is -0.384 e. The fourth-order valence-electron chi connectivity index (χ4n) is 3.55. The number of anilines is 1. The van der Waals surface area contributed by atoms with E-state index >= 15 is 0 Å². The number of nitrogen functional groups attached to an aromatic ring is 1. The molecule has 32 heavy (non-hydrogen) atoms. The molecule has 168 valence electrons. The van der Waals surface area contributed by atoms with Crippen molar-refractivity contribution >= 4 is 23.4 Å². The van der Waals surface area contributed by atoms with E-state index in [1.807, 2.05) is 11.5 Å². The van der Waals surface area contributed by atoms with Gasteiger partial charge in [0.05, 0.1) is 11.3 Å². The molecule has 0 bridgehead atoms. The van der Waals surface area contributed by atoms with Crippen molar-refractivity contribution in [3.8, 4) is 11.4 Å². The molecule has 0 unspecified atom stereocenters. The zero-order valence-electron chi connectivity index (χ0n) is 17.7. The van der Waals surface area contributed by atoms with Gasteiger partial charge in [0.15, 0.2) is 16.8 Å². The molecular weight excluding hydrogens is 435 g/mol. The summed E-state index contributed by atoms with van der Waals surface area (Å²) in [6, 6.07) is 6.47. The standard InChI is InChI=1S/C21H23FN6O3S/c1-3-10-27-17(23)16(19(30)26(2)21(27)31)15(29)11-32-20-25-24-18(28(20)12-8-9-12)13-6-4-5-7-14(13)22/h4-7,12H,3,8-11,23H2,1-2H3. The summed E-state index contributed by atoms with van der Waals surface area (Å²) in [4.78, 5) is 37.9. The lowest BCUT2D eigenvalue weighted by Gasteiger charge is -2.14. The fourth-order valence-corrected chi connectivity index (χ4v) is 4.43. The molecule has 0 amide bonds. The highest BCUT2D eigenvalue weighted by Gasteiger charge is 2.31. The predicted molar refractivity (Wildman–Crippen MR) is 119 cm³/mol. The molecule has 2 heterocycles. The van der Waals surface area contributed by atoms with Crippen molar-refractivity contribution in [2.45, 2.75) is 43.9 Å². The number of carbonyl (C=O) groups excluding carboxylic acids is 1. The Kier molecular flexibility index (Phi) is 6.00. The average molecular weight is 459 g/mol. The number of Topliss-reactive ketones (excluding diaryl/α,β-unsaturated/α-hetero) is 1. The summed E-state index contributed by atoms with van der Waals surface area (Å²) in [6.07, 6.45) is 2.45. The van der Waals surface area contributed by atoms with Crippen LogP contribution in [0.2, 0.25) is 0 Å². The molecule has 1 aliphatic carbocycles. The zero-order chi connectivity index (χ0) is 23.0. The van der Waals surface area contributed by atoms with Crippen LogP contribution in [0.4, 0.5) is 10.2 Å². The van der Waals surface area contributed by atoms with Gasteiger partial charge in [-0.1, -0.05) is 30.8 Å². The zero-order valence-corrected chi connectivity index (χ0v) is 18.6. The quantitative estimate of drug-likeness (QED) is 0.406. The highest BCUT2D eigenvalue weighted by atomic mass is 32.2. The van der Waals surface area contributed by atoms with Crippen molar-refractivity contribution < 1.29 is 9.18 Å². The van der Waals surface area contributed by atoms with Crippen molar-refractivity contribution in [3.05, 3.63) is 56.5 Å². The van der Waals surface area contributed by atoms with E-state index in [0.717, 1.165) is 29.2 Å². The van der Waals surface area contributed by atoms with E-state index in [1.165, 1.54) is 17.7 Å². The van der Waals surface area contributed by atoms with E-state index in [9.17, 15) is 18.8 Å². The van der Waals surface area contributed by atoms with Gasteiger partial charge in [-0.25, -0.2) is 9.18 Å². The number of benzene rings is 1. The number of ketones is 1. The van der Waals surface area contributed by atoms with Gasteiger partial charge in [-0.2, -0.15) is 0 Å². The van der Waals surface area contributed by atoms with Crippen LogP contribution in [0.5, 0.6) is 0 Å². The Balaban J connectivity index is 1.65. The lowest BCUT2D eigenvalue weighted by Crippen LogP contribution is -2.42. The van der Waals surface area contributed by atoms with Crippen LogP contribution in [-0.4, -0.2) is 35.4 Å². The van der Waals surface area contributed by atoms with Crippen molar-refractivity contribution in [2.24, 2.45) is 7.05 Å². The third-order valence-electron chi connectivity index (χ3n) is 5.33. The summed E-state index contributed by atoms with van der Waals surface area (Å²) in [6.45, 7) is 2.17. The minimum atomic E-state index is -0.721. The number of nitrogens with two attached hydrogens (primary N) is 1. The Bertz CT molecular complexity index is 1310. The third kappa shape index (κ3) is 3.88. The lowest BCUT2D eigenvalue weighted by molar-refractivity contribution is 0.102. The molecular formula is C21H23FN6O3S. The SMILES string of the molecule is CCCn1c(N)c(C(=O)CSc2nnc(-c3ccccc3F)n2C2CC2)c(=O)n(C)c1=O. The van der Waals surface area contributed by atoms with Gasteiger partial charge in [0.2, 0.25) is 0 Å². The molecule has 2 N–H and O–H groups in total. The van der Waals surface area contributed by atoms with Crippen LogP contribution in [-0.2, 0) is 13.6 Å². The molecule has 0 saturated heterocycles. The van der Waals surface area contributed by atoms with Crippen LogP contribution in [0, 0.1) is 5.82 Å². The first-order valence-electron chi connectivity index (χ1n) is 10.3. The molecule has 1 aromatic carbocycles. The van der Waals surface area contributed by atoms with Gasteiger partial charge in [-0.15, -0.1) is 10.2 Å². The minimum absolute atomic E-state index is 0.119. The van der Waals surface area contributed by atoms with Crippen LogP contribution in [0.3, 0.4) is 0 Å². The molecule has 4 rings (SSSR count). The van der Waals surface area contributed by atoms with E-state index in [1.54, 1.807) is 18.2 Å². The van der Waals surface area contributed by atoms with Crippen molar-refractivity contribution in [1.82, 2.24) is 23.9 Å². The molecule has 1 fully saturated rings. The summed E-state index contributed by atoms with van der Waals surface area (Å²) in [7, 11) is 1.32. The molecule has 0 aliphatic heterocycles. The van der Waals surface area contributed by atoms with E-state index in [2.05, 4.69) is 10.2 Å². The maximum Gasteiger partial charge on any atom is 0.332 e. The highest BCUT2D eigenvalue weighted by Crippen LogP contribution is 2.41. The highest BCUT2D eigenvalue weighted by molar-refractivity contribution is 7.99. The van der Waals surface area contributed by atoms with Gasteiger partial charge < -0.3 is 5.73 Å². The van der Waals surface area contributed by atoms with Crippen molar-refractivity contribution in [1.29, 1.82) is 0 Å². The Labute approximate surface area is 187 Å². The second-order valence-corrected chi connectivity index (χ2v) is 8.60. The number of hydrogen-bond acceptors (Lipinski definition) is 7. The Hall–Kier alpha value is -3.21. The third-order valence-corrected chi connectivity index (χ3v) is 6.28. The molecule has 0 atom stereocenters. The van der Waals surface area contributed by atoms with Crippen LogP contribution in [0.1, 0.15) is 42.6 Å². The molecule has 0 radical (unpaired) electrons. The Morgan fingerprint density at radius 3 is 2.62 bits per heavy atom. The van der Waals surface area contributed by atoms with E-state index < -0.39 is 22.8 Å². The maximum absolute atomic E-state index is 14.3. The summed E-state index contributed by atoms with van der Waals surface area (Å²) in [5, 5.41) is 8.80. The number of carbonyl (C=O) groups is 1. The number of nitrogens with zero attached hydrogens (tertiary/aromatic N) is 5. The summed E-state index contributed by atoms with van der Waals surface area (Å²) in [5.41, 5.74) is 4.90. The first kappa shape index (κ1) is 22.0. The average Bonchev–Trinajstić information content (AvgIpc) is 3.53. The Morgan fingerprint density at radius 1 is 1.25 bits per heavy atom. The summed E-state index contributed by atoms with van der Waals surface area (Å²) in [5.74, 6) is -0.736. The molecule has 0 spiro atoms. The van der Waals surface area contributed by atoms with E-state index in [0.29, 0.717) is 29.5 Å². The van der Waals surface area contributed by atoms with Crippen molar-refractivity contribution in [3.63, 3.8) is 0 Å². The monoisotopic (exact) mass is 458 g/mol. The van der Waals surface area contributed by atoms with Crippen LogP contribution < -0.4 is 17.0 Å². The number of thioether (sulfide) groups is 1. The summed E-state index contributed by atoms with van der Waals surface area (Å²) < 4.78 is 18.3. The largest absolute Gasteiger partial charge is 0.384 e. The van der Waals surface area contributed by atoms with Gasteiger partial charge in [-0.3, -0.25) is 23.3 Å². The van der Waals surface area contributed by atoms with Crippen LogP contribution >= 0.6 is 11.8 Å². The van der Waals surface area contributed by atoms with Crippen LogP contribution in [0.25, 0.3) is 11.4 Å². The van der Waals surface area contributed by atoms with E-state index in [4.69, 9.17) is 5.73 Å². The summed E-state index contributed by atoms with van der Waals surface area (Å²) >= 11 is 1.11. The van der Waals surface area contributed by atoms with Crippen LogP contribution in [0.15, 0.2) is 39.0 Å². The molecule has 9 nitrogen and oxygen atoms in total. The molecule has 1 aliphatic rings. The molecule has 1 saturated carbocycles. The van der Waals surface area contributed by atoms with Gasteiger partial charge >= 0.3 is 5.69 Å².